The summed E-state index contributed by atoms with van der Waals surface area (Å²) in [5.41, 5.74) is 10.3. The van der Waals surface area contributed by atoms with E-state index < -0.39 is 5.92 Å². The minimum absolute atomic E-state index is 0.104. The summed E-state index contributed by atoms with van der Waals surface area (Å²) in [5, 5.41) is 9.78. The number of hydrogen-bond donors (Lipinski definition) is 1. The maximum atomic E-state index is 12.8. The molecule has 2 aromatic carbocycles. The molecule has 0 bridgehead atoms. The van der Waals surface area contributed by atoms with Gasteiger partial charge >= 0.3 is 0 Å². The minimum Gasteiger partial charge on any atom is -0.489 e. The van der Waals surface area contributed by atoms with E-state index in [-0.39, 0.29) is 5.78 Å². The van der Waals surface area contributed by atoms with Crippen LogP contribution in [0, 0.1) is 11.3 Å². The van der Waals surface area contributed by atoms with Crippen LogP contribution in [0.2, 0.25) is 0 Å². The summed E-state index contributed by atoms with van der Waals surface area (Å²) in [7, 11) is 1.83. The van der Waals surface area contributed by atoms with Crippen LogP contribution in [-0.2, 0) is 11.4 Å². The molecule has 5 heteroatoms. The number of benzene rings is 2. The molecule has 2 aromatic rings. The first-order valence-electron chi connectivity index (χ1n) is 9.76. The summed E-state index contributed by atoms with van der Waals surface area (Å²) in [6, 6.07) is 19.8. The summed E-state index contributed by atoms with van der Waals surface area (Å²) in [5.74, 6) is 0.857. The van der Waals surface area contributed by atoms with Gasteiger partial charge in [0, 0.05) is 24.7 Å². The van der Waals surface area contributed by atoms with Gasteiger partial charge in [-0.1, -0.05) is 42.5 Å². The molecule has 0 fully saturated rings. The predicted octanol–water partition coefficient (Wildman–Crippen LogP) is 4.00. The highest BCUT2D eigenvalue weighted by Crippen LogP contribution is 2.44. The van der Waals surface area contributed by atoms with Crippen molar-refractivity contribution >= 4 is 5.78 Å². The van der Waals surface area contributed by atoms with Crippen LogP contribution in [0.5, 0.6) is 5.75 Å². The van der Waals surface area contributed by atoms with Crippen molar-refractivity contribution < 1.29 is 9.53 Å². The first-order chi connectivity index (χ1) is 14.1. The number of Topliss-reactive ketones (excluding diaryl/α,β-unsaturated/α-hetero) is 1. The van der Waals surface area contributed by atoms with E-state index >= 15 is 0 Å². The fourth-order valence-electron chi connectivity index (χ4n) is 4.09. The second kappa shape index (κ2) is 7.84. The molecule has 2 N–H and O–H groups in total. The van der Waals surface area contributed by atoms with Gasteiger partial charge in [-0.3, -0.25) is 4.79 Å². The lowest BCUT2D eigenvalue weighted by Gasteiger charge is -2.37. The number of ether oxygens (including phenoxy) is 1. The summed E-state index contributed by atoms with van der Waals surface area (Å²) < 4.78 is 5.86. The van der Waals surface area contributed by atoms with E-state index in [1.165, 1.54) is 0 Å². The van der Waals surface area contributed by atoms with Crippen LogP contribution in [0.15, 0.2) is 77.3 Å². The third-order valence-electron chi connectivity index (χ3n) is 5.63. The molecule has 29 heavy (non-hydrogen) atoms. The third kappa shape index (κ3) is 3.50. The van der Waals surface area contributed by atoms with Crippen LogP contribution in [0.3, 0.4) is 0 Å². The number of nitrogens with zero attached hydrogens (tertiary/aromatic N) is 2. The van der Waals surface area contributed by atoms with Crippen molar-refractivity contribution in [3.05, 3.63) is 88.4 Å². The van der Waals surface area contributed by atoms with Gasteiger partial charge in [0.2, 0.25) is 0 Å². The first-order valence-corrected chi connectivity index (χ1v) is 9.76. The molecule has 1 aliphatic heterocycles. The van der Waals surface area contributed by atoms with E-state index in [4.69, 9.17) is 10.5 Å². The molecule has 1 heterocycles. The normalized spacial score (nSPS) is 19.1. The van der Waals surface area contributed by atoms with Crippen LogP contribution in [-0.4, -0.2) is 17.7 Å². The Balaban J connectivity index is 1.64. The summed E-state index contributed by atoms with van der Waals surface area (Å²) >= 11 is 0. The molecule has 2 aliphatic rings. The maximum absolute atomic E-state index is 12.8. The molecule has 0 saturated carbocycles. The van der Waals surface area contributed by atoms with E-state index in [1.807, 2.05) is 61.6 Å². The van der Waals surface area contributed by atoms with Gasteiger partial charge in [-0.25, -0.2) is 0 Å². The average molecular weight is 385 g/mol. The Morgan fingerprint density at radius 2 is 1.86 bits per heavy atom. The molecule has 4 rings (SSSR count). The molecule has 0 saturated heterocycles. The molecule has 0 spiro atoms. The van der Waals surface area contributed by atoms with Gasteiger partial charge in [-0.15, -0.1) is 0 Å². The molecular formula is C24H23N3O2. The van der Waals surface area contributed by atoms with E-state index in [2.05, 4.69) is 6.07 Å². The smallest absolute Gasteiger partial charge is 0.161 e. The number of nitrogens with two attached hydrogens (primary N) is 1. The van der Waals surface area contributed by atoms with Gasteiger partial charge in [0.1, 0.15) is 18.2 Å². The molecule has 0 radical (unpaired) electrons. The van der Waals surface area contributed by atoms with Crippen LogP contribution >= 0.6 is 0 Å². The van der Waals surface area contributed by atoms with Crippen LogP contribution in [0.1, 0.15) is 36.3 Å². The number of hydrogen-bond acceptors (Lipinski definition) is 5. The lowest BCUT2D eigenvalue weighted by molar-refractivity contribution is -0.116. The van der Waals surface area contributed by atoms with Crippen molar-refractivity contribution in [2.75, 3.05) is 7.05 Å². The Bertz CT molecular complexity index is 1030. The number of carbonyl (C=O) groups excluding carboxylic acids is 1. The minimum atomic E-state index is -0.415. The highest BCUT2D eigenvalue weighted by molar-refractivity contribution is 5.99. The number of allylic oxidation sites excluding steroid dienone is 3. The zero-order valence-electron chi connectivity index (χ0n) is 16.4. The third-order valence-corrected chi connectivity index (χ3v) is 5.63. The summed E-state index contributed by atoms with van der Waals surface area (Å²) in [4.78, 5) is 14.6. The molecule has 0 aromatic heterocycles. The Kier molecular flexibility index (Phi) is 5.09. The van der Waals surface area contributed by atoms with Crippen LogP contribution in [0.25, 0.3) is 0 Å². The van der Waals surface area contributed by atoms with Crippen molar-refractivity contribution in [2.24, 2.45) is 5.73 Å². The highest BCUT2D eigenvalue weighted by Gasteiger charge is 2.38. The molecule has 146 valence electrons. The Morgan fingerprint density at radius 1 is 1.14 bits per heavy atom. The number of nitriles is 1. The lowest BCUT2D eigenvalue weighted by Crippen LogP contribution is -2.36. The first kappa shape index (κ1) is 18.8. The van der Waals surface area contributed by atoms with Crippen molar-refractivity contribution in [3.8, 4) is 11.8 Å². The molecule has 1 aliphatic carbocycles. The van der Waals surface area contributed by atoms with Crippen LogP contribution < -0.4 is 10.5 Å². The highest BCUT2D eigenvalue weighted by atomic mass is 16.5. The Morgan fingerprint density at radius 3 is 2.55 bits per heavy atom. The zero-order valence-corrected chi connectivity index (χ0v) is 16.4. The van der Waals surface area contributed by atoms with Crippen LogP contribution in [0.4, 0.5) is 0 Å². The van der Waals surface area contributed by atoms with Gasteiger partial charge in [-0.2, -0.15) is 5.26 Å². The average Bonchev–Trinajstić information content (AvgIpc) is 2.76. The van der Waals surface area contributed by atoms with Gasteiger partial charge in [0.25, 0.3) is 0 Å². The Hall–Kier alpha value is -3.52. The van der Waals surface area contributed by atoms with Gasteiger partial charge in [-0.05, 0) is 36.1 Å². The maximum Gasteiger partial charge on any atom is 0.161 e. The molecule has 5 nitrogen and oxygen atoms in total. The van der Waals surface area contributed by atoms with Gasteiger partial charge in [0.05, 0.1) is 17.6 Å². The number of rotatable bonds is 4. The lowest BCUT2D eigenvalue weighted by atomic mass is 9.76. The quantitative estimate of drug-likeness (QED) is 0.861. The second-order valence-corrected chi connectivity index (χ2v) is 7.38. The summed E-state index contributed by atoms with van der Waals surface area (Å²) in [6.07, 6.45) is 2.13. The van der Waals surface area contributed by atoms with Crippen molar-refractivity contribution in [2.45, 2.75) is 31.8 Å². The van der Waals surface area contributed by atoms with Crippen molar-refractivity contribution in [1.82, 2.24) is 4.90 Å². The number of ketones is 1. The van der Waals surface area contributed by atoms with Crippen molar-refractivity contribution in [1.29, 1.82) is 5.26 Å². The standard InChI is InChI=1S/C24H23N3O2/c1-27-20-8-5-9-21(28)23(20)22(19(14-25)24(27)26)17-10-12-18(13-11-17)29-15-16-6-3-2-4-7-16/h2-4,6-7,10-13,22H,5,8-9,15,26H2,1H3/t22-/m1/s1. The zero-order chi connectivity index (χ0) is 20.4. The van der Waals surface area contributed by atoms with E-state index in [0.29, 0.717) is 30.0 Å². The van der Waals surface area contributed by atoms with Gasteiger partial charge < -0.3 is 15.4 Å². The molecule has 0 unspecified atom stereocenters. The molecule has 1 atom stereocenters. The predicted molar refractivity (Wildman–Crippen MR) is 110 cm³/mol. The number of carbonyl (C=O) groups is 1. The van der Waals surface area contributed by atoms with E-state index in [0.717, 1.165) is 35.4 Å². The van der Waals surface area contributed by atoms with Crippen molar-refractivity contribution in [3.63, 3.8) is 0 Å². The second-order valence-electron chi connectivity index (χ2n) is 7.38. The largest absolute Gasteiger partial charge is 0.489 e. The summed E-state index contributed by atoms with van der Waals surface area (Å²) in [6.45, 7) is 0.485. The van der Waals surface area contributed by atoms with E-state index in [1.54, 1.807) is 4.90 Å². The fourth-order valence-corrected chi connectivity index (χ4v) is 4.09. The molecular weight excluding hydrogens is 362 g/mol. The van der Waals surface area contributed by atoms with E-state index in [9.17, 15) is 10.1 Å². The molecule has 0 amide bonds. The fraction of sp³-hybridized carbons (Fsp3) is 0.250. The SMILES string of the molecule is CN1C(N)=C(C#N)[C@@H](c2ccc(OCc3ccccc3)cc2)C2=C1CCCC2=O. The van der Waals surface area contributed by atoms with Gasteiger partial charge in [0.15, 0.2) is 5.78 Å². The topological polar surface area (TPSA) is 79.3 Å². The Labute approximate surface area is 170 Å². The monoisotopic (exact) mass is 385 g/mol.